The highest BCUT2D eigenvalue weighted by atomic mass is 32.1. The first kappa shape index (κ1) is 13.1. The molecule has 0 aliphatic rings. The number of fused-ring (bicyclic) bond motifs is 3. The Balaban J connectivity index is 1.83. The van der Waals surface area contributed by atoms with Gasteiger partial charge >= 0.3 is 0 Å². The Morgan fingerprint density at radius 2 is 2.05 bits per heavy atom. The molecule has 2 aromatic carbocycles. The van der Waals surface area contributed by atoms with E-state index < -0.39 is 0 Å². The molecule has 4 rings (SSSR count). The lowest BCUT2D eigenvalue weighted by Gasteiger charge is -2.07. The van der Waals surface area contributed by atoms with Crippen molar-refractivity contribution in [3.8, 4) is 5.75 Å². The molecular formula is C16H14N4OS. The molecule has 1 N–H and O–H groups in total. The Kier molecular flexibility index (Phi) is 2.97. The molecule has 0 spiro atoms. The van der Waals surface area contributed by atoms with Crippen LogP contribution in [0.2, 0.25) is 0 Å². The number of hydrogen-bond donors (Lipinski definition) is 1. The van der Waals surface area contributed by atoms with Gasteiger partial charge in [0.15, 0.2) is 5.13 Å². The first-order chi connectivity index (χ1) is 10.8. The van der Waals surface area contributed by atoms with Crippen LogP contribution < -0.4 is 10.1 Å². The van der Waals surface area contributed by atoms with Crippen molar-refractivity contribution in [2.45, 2.75) is 0 Å². The van der Waals surface area contributed by atoms with E-state index in [0.29, 0.717) is 0 Å². The van der Waals surface area contributed by atoms with Gasteiger partial charge in [-0.1, -0.05) is 23.5 Å². The number of aromatic nitrogens is 3. The molecule has 5 nitrogen and oxygen atoms in total. The standard InChI is InChI=1S/C16H14N4OS/c1-20-9-17-11-7-8-13-14(15(11)20)19-16(22-13)18-10-5-3-4-6-12(10)21-2/h3-9H,1-2H3,(H,18,19). The molecule has 0 radical (unpaired) electrons. The molecule has 0 saturated carbocycles. The highest BCUT2D eigenvalue weighted by molar-refractivity contribution is 7.22. The summed E-state index contributed by atoms with van der Waals surface area (Å²) in [7, 11) is 3.65. The first-order valence-electron chi connectivity index (χ1n) is 6.87. The minimum absolute atomic E-state index is 0.799. The van der Waals surface area contributed by atoms with Crippen LogP contribution in [-0.4, -0.2) is 21.6 Å². The van der Waals surface area contributed by atoms with E-state index in [1.165, 1.54) is 0 Å². The van der Waals surface area contributed by atoms with Crippen LogP contribution in [0, 0.1) is 0 Å². The number of anilines is 2. The number of hydrogen-bond acceptors (Lipinski definition) is 5. The number of methoxy groups -OCH3 is 1. The summed E-state index contributed by atoms with van der Waals surface area (Å²) in [4.78, 5) is 9.11. The van der Waals surface area contributed by atoms with Gasteiger partial charge in [0.05, 0.1) is 34.9 Å². The van der Waals surface area contributed by atoms with Gasteiger partial charge in [0, 0.05) is 7.05 Å². The van der Waals surface area contributed by atoms with Crippen LogP contribution in [0.4, 0.5) is 10.8 Å². The molecule has 110 valence electrons. The minimum Gasteiger partial charge on any atom is -0.495 e. The Hall–Kier alpha value is -2.60. The van der Waals surface area contributed by atoms with Gasteiger partial charge in [-0.05, 0) is 24.3 Å². The van der Waals surface area contributed by atoms with Gasteiger partial charge in [-0.3, -0.25) is 0 Å². The highest BCUT2D eigenvalue weighted by Gasteiger charge is 2.12. The maximum atomic E-state index is 5.37. The minimum atomic E-state index is 0.799. The zero-order valence-electron chi connectivity index (χ0n) is 12.2. The molecular weight excluding hydrogens is 296 g/mol. The Labute approximate surface area is 131 Å². The van der Waals surface area contributed by atoms with Crippen molar-refractivity contribution in [1.29, 1.82) is 0 Å². The highest BCUT2D eigenvalue weighted by Crippen LogP contribution is 2.34. The number of imidazole rings is 1. The van der Waals surface area contributed by atoms with Gasteiger partial charge in [0.1, 0.15) is 11.3 Å². The van der Waals surface area contributed by atoms with Crippen LogP contribution in [0.5, 0.6) is 5.75 Å². The van der Waals surface area contributed by atoms with Crippen molar-refractivity contribution in [3.05, 3.63) is 42.7 Å². The number of para-hydroxylation sites is 2. The van der Waals surface area contributed by atoms with Crippen molar-refractivity contribution in [1.82, 2.24) is 14.5 Å². The topological polar surface area (TPSA) is 52.0 Å². The van der Waals surface area contributed by atoms with Crippen LogP contribution in [0.25, 0.3) is 21.3 Å². The lowest BCUT2D eigenvalue weighted by molar-refractivity contribution is 0.417. The zero-order chi connectivity index (χ0) is 15.1. The van der Waals surface area contributed by atoms with E-state index in [4.69, 9.17) is 9.72 Å². The number of rotatable bonds is 3. The third kappa shape index (κ3) is 2.00. The van der Waals surface area contributed by atoms with Gasteiger partial charge < -0.3 is 14.6 Å². The van der Waals surface area contributed by atoms with Gasteiger partial charge in [-0.2, -0.15) is 0 Å². The molecule has 0 bridgehead atoms. The predicted molar refractivity (Wildman–Crippen MR) is 90.2 cm³/mol. The molecule has 2 heterocycles. The number of ether oxygens (including phenoxy) is 1. The summed E-state index contributed by atoms with van der Waals surface area (Å²) in [5.74, 6) is 0.799. The first-order valence-corrected chi connectivity index (χ1v) is 7.68. The van der Waals surface area contributed by atoms with Crippen LogP contribution in [0.3, 0.4) is 0 Å². The lowest BCUT2D eigenvalue weighted by atomic mass is 10.3. The van der Waals surface area contributed by atoms with E-state index in [2.05, 4.69) is 16.4 Å². The van der Waals surface area contributed by atoms with Crippen molar-refractivity contribution >= 4 is 43.4 Å². The fourth-order valence-electron chi connectivity index (χ4n) is 2.54. The molecule has 0 unspecified atom stereocenters. The second-order valence-electron chi connectivity index (χ2n) is 4.98. The summed E-state index contributed by atoms with van der Waals surface area (Å²) in [5, 5.41) is 4.18. The van der Waals surface area contributed by atoms with Crippen molar-refractivity contribution in [2.24, 2.45) is 7.05 Å². The Bertz CT molecular complexity index is 973. The second kappa shape index (κ2) is 4.99. The Morgan fingerprint density at radius 3 is 2.91 bits per heavy atom. The van der Waals surface area contributed by atoms with E-state index >= 15 is 0 Å². The van der Waals surface area contributed by atoms with Crippen LogP contribution >= 0.6 is 11.3 Å². The molecule has 6 heteroatoms. The maximum absolute atomic E-state index is 5.37. The van der Waals surface area contributed by atoms with E-state index in [1.807, 2.05) is 48.3 Å². The largest absolute Gasteiger partial charge is 0.495 e. The van der Waals surface area contributed by atoms with Crippen molar-refractivity contribution in [3.63, 3.8) is 0 Å². The SMILES string of the molecule is COc1ccccc1Nc1nc2c(ccc3ncn(C)c32)s1. The van der Waals surface area contributed by atoms with E-state index in [0.717, 1.165) is 37.8 Å². The predicted octanol–water partition coefficient (Wildman–Crippen LogP) is 3.94. The molecule has 4 aromatic rings. The molecule has 0 atom stereocenters. The second-order valence-corrected chi connectivity index (χ2v) is 6.01. The van der Waals surface area contributed by atoms with Crippen molar-refractivity contribution in [2.75, 3.05) is 12.4 Å². The fraction of sp³-hybridized carbons (Fsp3) is 0.125. The Morgan fingerprint density at radius 1 is 1.18 bits per heavy atom. The van der Waals surface area contributed by atoms with Gasteiger partial charge in [-0.15, -0.1) is 0 Å². The monoisotopic (exact) mass is 310 g/mol. The summed E-state index contributed by atoms with van der Waals surface area (Å²) < 4.78 is 8.51. The third-order valence-electron chi connectivity index (χ3n) is 3.58. The zero-order valence-corrected chi connectivity index (χ0v) is 13.0. The normalized spacial score (nSPS) is 11.2. The summed E-state index contributed by atoms with van der Waals surface area (Å²) in [6.07, 6.45) is 1.82. The third-order valence-corrected chi connectivity index (χ3v) is 4.52. The summed E-state index contributed by atoms with van der Waals surface area (Å²) in [6.45, 7) is 0. The molecule has 22 heavy (non-hydrogen) atoms. The average Bonchev–Trinajstić information content (AvgIpc) is 3.11. The smallest absolute Gasteiger partial charge is 0.188 e. The number of benzene rings is 2. The molecule has 2 aromatic heterocycles. The average molecular weight is 310 g/mol. The fourth-order valence-corrected chi connectivity index (χ4v) is 3.43. The van der Waals surface area contributed by atoms with E-state index in [1.54, 1.807) is 18.4 Å². The number of nitrogens with one attached hydrogen (secondary N) is 1. The maximum Gasteiger partial charge on any atom is 0.188 e. The van der Waals surface area contributed by atoms with Crippen molar-refractivity contribution < 1.29 is 4.74 Å². The van der Waals surface area contributed by atoms with Crippen LogP contribution in [0.15, 0.2) is 42.7 Å². The summed E-state index contributed by atoms with van der Waals surface area (Å²) >= 11 is 1.62. The van der Waals surface area contributed by atoms with Gasteiger partial charge in [0.2, 0.25) is 0 Å². The van der Waals surface area contributed by atoms with E-state index in [-0.39, 0.29) is 0 Å². The van der Waals surface area contributed by atoms with E-state index in [9.17, 15) is 0 Å². The molecule has 0 amide bonds. The number of aryl methyl sites for hydroxylation is 1. The summed E-state index contributed by atoms with van der Waals surface area (Å²) in [6, 6.07) is 11.9. The summed E-state index contributed by atoms with van der Waals surface area (Å²) in [5.41, 5.74) is 3.90. The van der Waals surface area contributed by atoms with Gasteiger partial charge in [-0.25, -0.2) is 9.97 Å². The lowest BCUT2D eigenvalue weighted by Crippen LogP contribution is -1.93. The number of thiazole rings is 1. The van der Waals surface area contributed by atoms with Crippen LogP contribution in [0.1, 0.15) is 0 Å². The molecule has 0 fully saturated rings. The molecule has 0 aliphatic heterocycles. The molecule has 0 aliphatic carbocycles. The molecule has 0 saturated heterocycles. The quantitative estimate of drug-likeness (QED) is 0.623. The van der Waals surface area contributed by atoms with Gasteiger partial charge in [0.25, 0.3) is 0 Å². The number of nitrogens with zero attached hydrogens (tertiary/aromatic N) is 3. The van der Waals surface area contributed by atoms with Crippen LogP contribution in [-0.2, 0) is 7.05 Å².